The Morgan fingerprint density at radius 3 is 2.50 bits per heavy atom. The average molecular weight is 326 g/mol. The predicted octanol–water partition coefficient (Wildman–Crippen LogP) is 5.05. The summed E-state index contributed by atoms with van der Waals surface area (Å²) in [7, 11) is 0. The Bertz CT molecular complexity index is 597. The van der Waals surface area contributed by atoms with Crippen molar-refractivity contribution in [1.82, 2.24) is 0 Å². The van der Waals surface area contributed by atoms with Crippen molar-refractivity contribution in [2.45, 2.75) is 13.8 Å². The van der Waals surface area contributed by atoms with Gasteiger partial charge in [-0.2, -0.15) is 0 Å². The maximum Gasteiger partial charge on any atom is 0.0621 e. The molecule has 0 heterocycles. The second-order valence-electron chi connectivity index (χ2n) is 4.27. The number of hydrogen-bond donors (Lipinski definition) is 2. The fraction of sp³-hybridized carbons (Fsp3) is 0.143. The molecule has 0 aliphatic carbocycles. The van der Waals surface area contributed by atoms with Crippen LogP contribution in [0.4, 0.5) is 17.1 Å². The third-order valence-corrected chi connectivity index (χ3v) is 3.70. The first kappa shape index (κ1) is 13.2. The van der Waals surface area contributed by atoms with Crippen molar-refractivity contribution in [3.05, 3.63) is 51.0 Å². The molecular weight excluding hydrogens is 312 g/mol. The molecule has 0 aliphatic heterocycles. The minimum Gasteiger partial charge on any atom is -0.397 e. The van der Waals surface area contributed by atoms with Gasteiger partial charge >= 0.3 is 0 Å². The molecule has 0 atom stereocenters. The highest BCUT2D eigenvalue weighted by molar-refractivity contribution is 9.10. The molecule has 0 saturated carbocycles. The lowest BCUT2D eigenvalue weighted by molar-refractivity contribution is 1.40. The van der Waals surface area contributed by atoms with Gasteiger partial charge in [0.1, 0.15) is 0 Å². The molecule has 0 amide bonds. The van der Waals surface area contributed by atoms with E-state index in [-0.39, 0.29) is 0 Å². The Kier molecular flexibility index (Phi) is 3.83. The number of aryl methyl sites for hydroxylation is 2. The molecular formula is C14H14BrClN2. The first-order valence-electron chi connectivity index (χ1n) is 5.56. The Morgan fingerprint density at radius 1 is 1.06 bits per heavy atom. The Hall–Kier alpha value is -1.19. The monoisotopic (exact) mass is 324 g/mol. The number of hydrogen-bond acceptors (Lipinski definition) is 2. The molecule has 3 N–H and O–H groups in total. The van der Waals surface area contributed by atoms with Gasteiger partial charge in [-0.25, -0.2) is 0 Å². The van der Waals surface area contributed by atoms with Crippen LogP contribution < -0.4 is 11.1 Å². The van der Waals surface area contributed by atoms with Crippen LogP contribution >= 0.6 is 27.5 Å². The molecule has 2 rings (SSSR count). The first-order valence-corrected chi connectivity index (χ1v) is 6.73. The largest absolute Gasteiger partial charge is 0.397 e. The van der Waals surface area contributed by atoms with Crippen LogP contribution in [0.5, 0.6) is 0 Å². The van der Waals surface area contributed by atoms with Crippen LogP contribution in [0.25, 0.3) is 0 Å². The molecule has 94 valence electrons. The molecule has 0 aliphatic rings. The van der Waals surface area contributed by atoms with Gasteiger partial charge in [0.25, 0.3) is 0 Å². The summed E-state index contributed by atoms with van der Waals surface area (Å²) in [6.45, 7) is 4.01. The van der Waals surface area contributed by atoms with Gasteiger partial charge in [-0.3, -0.25) is 0 Å². The lowest BCUT2D eigenvalue weighted by Crippen LogP contribution is -1.98. The van der Waals surface area contributed by atoms with Gasteiger partial charge in [-0.15, -0.1) is 0 Å². The standard InChI is InChI=1S/C14H14BrClN2/c1-8-3-4-10(15)6-13(8)18-14-5-9(2)11(16)7-12(14)17/h3-7,18H,17H2,1-2H3. The summed E-state index contributed by atoms with van der Waals surface area (Å²) in [5, 5.41) is 4.02. The van der Waals surface area contributed by atoms with E-state index in [1.807, 2.05) is 38.1 Å². The van der Waals surface area contributed by atoms with Gasteiger partial charge in [-0.05, 0) is 49.2 Å². The van der Waals surface area contributed by atoms with E-state index >= 15 is 0 Å². The zero-order valence-electron chi connectivity index (χ0n) is 10.2. The number of nitrogens with two attached hydrogens (primary N) is 1. The molecule has 0 aromatic heterocycles. The van der Waals surface area contributed by atoms with Crippen molar-refractivity contribution < 1.29 is 0 Å². The lowest BCUT2D eigenvalue weighted by atomic mass is 10.1. The van der Waals surface area contributed by atoms with Crippen LogP contribution in [0.1, 0.15) is 11.1 Å². The fourth-order valence-corrected chi connectivity index (χ4v) is 2.21. The van der Waals surface area contributed by atoms with Gasteiger partial charge in [-0.1, -0.05) is 33.6 Å². The normalized spacial score (nSPS) is 10.4. The predicted molar refractivity (Wildman–Crippen MR) is 82.8 cm³/mol. The topological polar surface area (TPSA) is 38.0 Å². The maximum absolute atomic E-state index is 6.03. The van der Waals surface area contributed by atoms with E-state index in [4.69, 9.17) is 17.3 Å². The molecule has 0 bridgehead atoms. The number of anilines is 3. The third kappa shape index (κ3) is 2.79. The van der Waals surface area contributed by atoms with Crippen molar-refractivity contribution in [2.24, 2.45) is 0 Å². The van der Waals surface area contributed by atoms with Crippen LogP contribution in [-0.2, 0) is 0 Å². The summed E-state index contributed by atoms with van der Waals surface area (Å²) in [6.07, 6.45) is 0. The van der Waals surface area contributed by atoms with Gasteiger partial charge in [0.05, 0.1) is 11.4 Å². The molecule has 0 spiro atoms. The second kappa shape index (κ2) is 5.21. The van der Waals surface area contributed by atoms with E-state index in [2.05, 4.69) is 21.2 Å². The van der Waals surface area contributed by atoms with Gasteiger partial charge in [0.15, 0.2) is 0 Å². The van der Waals surface area contributed by atoms with Crippen molar-refractivity contribution in [1.29, 1.82) is 0 Å². The molecule has 4 heteroatoms. The minimum absolute atomic E-state index is 0.643. The van der Waals surface area contributed by atoms with Gasteiger partial charge < -0.3 is 11.1 Å². The zero-order chi connectivity index (χ0) is 13.3. The van der Waals surface area contributed by atoms with Crippen molar-refractivity contribution in [3.63, 3.8) is 0 Å². The van der Waals surface area contributed by atoms with Crippen LogP contribution in [0.15, 0.2) is 34.8 Å². The second-order valence-corrected chi connectivity index (χ2v) is 5.60. The van der Waals surface area contributed by atoms with Crippen molar-refractivity contribution in [3.8, 4) is 0 Å². The zero-order valence-corrected chi connectivity index (χ0v) is 12.6. The van der Waals surface area contributed by atoms with E-state index < -0.39 is 0 Å². The Labute approximate surface area is 120 Å². The average Bonchev–Trinajstić information content (AvgIpc) is 2.30. The summed E-state index contributed by atoms with van der Waals surface area (Å²) in [5.41, 5.74) is 10.7. The van der Waals surface area contributed by atoms with E-state index in [1.165, 1.54) is 0 Å². The summed E-state index contributed by atoms with van der Waals surface area (Å²) < 4.78 is 1.03. The molecule has 0 saturated heterocycles. The number of benzene rings is 2. The quantitative estimate of drug-likeness (QED) is 0.759. The summed E-state index contributed by atoms with van der Waals surface area (Å²) in [5.74, 6) is 0. The maximum atomic E-state index is 6.03. The van der Waals surface area contributed by atoms with Gasteiger partial charge in [0, 0.05) is 15.2 Å². The van der Waals surface area contributed by atoms with E-state index in [9.17, 15) is 0 Å². The smallest absolute Gasteiger partial charge is 0.0621 e. The van der Waals surface area contributed by atoms with Gasteiger partial charge in [0.2, 0.25) is 0 Å². The van der Waals surface area contributed by atoms with Crippen LogP contribution in [0.3, 0.4) is 0 Å². The highest BCUT2D eigenvalue weighted by Gasteiger charge is 2.06. The van der Waals surface area contributed by atoms with Crippen LogP contribution in [0, 0.1) is 13.8 Å². The molecule has 2 aromatic carbocycles. The SMILES string of the molecule is Cc1cc(Nc2cc(Br)ccc2C)c(N)cc1Cl. The number of halogens is 2. The molecule has 2 aromatic rings. The number of rotatable bonds is 2. The summed E-state index contributed by atoms with van der Waals surface area (Å²) >= 11 is 9.49. The third-order valence-electron chi connectivity index (χ3n) is 2.80. The molecule has 0 unspecified atom stereocenters. The fourth-order valence-electron chi connectivity index (χ4n) is 1.68. The highest BCUT2D eigenvalue weighted by atomic mass is 79.9. The van der Waals surface area contributed by atoms with Crippen LogP contribution in [0.2, 0.25) is 5.02 Å². The molecule has 0 fully saturated rings. The van der Waals surface area contributed by atoms with Crippen LogP contribution in [-0.4, -0.2) is 0 Å². The first-order chi connectivity index (χ1) is 8.47. The summed E-state index contributed by atoms with van der Waals surface area (Å²) in [6, 6.07) is 9.81. The number of nitrogens with one attached hydrogen (secondary N) is 1. The van der Waals surface area contributed by atoms with E-state index in [1.54, 1.807) is 6.07 Å². The minimum atomic E-state index is 0.643. The summed E-state index contributed by atoms with van der Waals surface area (Å²) in [4.78, 5) is 0. The van der Waals surface area contributed by atoms with Crippen molar-refractivity contribution in [2.75, 3.05) is 11.1 Å². The van der Waals surface area contributed by atoms with Crippen molar-refractivity contribution >= 4 is 44.6 Å². The highest BCUT2D eigenvalue weighted by Crippen LogP contribution is 2.31. The Balaban J connectivity index is 2.40. The molecule has 0 radical (unpaired) electrons. The molecule has 2 nitrogen and oxygen atoms in total. The van der Waals surface area contributed by atoms with E-state index in [0.29, 0.717) is 10.7 Å². The molecule has 18 heavy (non-hydrogen) atoms. The lowest BCUT2D eigenvalue weighted by Gasteiger charge is -2.13. The number of nitrogen functional groups attached to an aromatic ring is 1. The Morgan fingerprint density at radius 2 is 1.78 bits per heavy atom. The van der Waals surface area contributed by atoms with E-state index in [0.717, 1.165) is 27.0 Å².